The summed E-state index contributed by atoms with van der Waals surface area (Å²) in [6.07, 6.45) is 7.40. The highest BCUT2D eigenvalue weighted by molar-refractivity contribution is 15.0. The molecule has 4 heterocycles. The number of nitrogens with zero attached hydrogens (tertiary/aromatic N) is 8. The SMILES string of the molecule is CC(C)(C)OC(=O)COCC1(F)CCN(c2cncc(N(c3ccccc3)c3ccc(F)cc3)n2)CC1.Fc1ccc(Nc2ccccc2)cc1.II.O=C(O)COCC1(F)CCN(c2cncc(N(c3ccccc3)c3ccc(F)cc3)n2)CC1. The van der Waals surface area contributed by atoms with Crippen LogP contribution in [0.3, 0.4) is 0 Å². The van der Waals surface area contributed by atoms with Gasteiger partial charge in [-0.05, 0) is 130 Å². The molecule has 0 spiro atoms. The van der Waals surface area contributed by atoms with Crippen molar-refractivity contribution in [3.63, 3.8) is 0 Å². The van der Waals surface area contributed by atoms with Gasteiger partial charge in [0.2, 0.25) is 0 Å². The molecule has 2 N–H and O–H groups in total. The Morgan fingerprint density at radius 3 is 1.27 bits per heavy atom. The Bertz CT molecular complexity index is 3330. The number of esters is 1. The second-order valence-corrected chi connectivity index (χ2v) is 21.0. The van der Waals surface area contributed by atoms with Crippen LogP contribution < -0.4 is 24.9 Å². The van der Waals surface area contributed by atoms with E-state index in [-0.39, 0.29) is 63.0 Å². The van der Waals surface area contributed by atoms with Crippen molar-refractivity contribution in [2.45, 2.75) is 63.4 Å². The van der Waals surface area contributed by atoms with E-state index in [2.05, 4.69) is 52.5 Å². The maximum atomic E-state index is 15.4. The Kier molecular flexibility index (Phi) is 24.8. The third-order valence-corrected chi connectivity index (χ3v) is 13.3. The van der Waals surface area contributed by atoms with Gasteiger partial charge in [0.15, 0.2) is 11.6 Å². The van der Waals surface area contributed by atoms with E-state index in [1.165, 1.54) is 36.4 Å². The lowest BCUT2D eigenvalue weighted by Gasteiger charge is -2.37. The number of anilines is 10. The van der Waals surface area contributed by atoms with Gasteiger partial charge >= 0.3 is 11.9 Å². The van der Waals surface area contributed by atoms with Crippen LogP contribution in [0.2, 0.25) is 0 Å². The average molecular weight is 1410 g/mol. The number of hydrogen-bond acceptors (Lipinski definition) is 14. The third-order valence-electron chi connectivity index (χ3n) is 13.3. The van der Waals surface area contributed by atoms with E-state index in [1.54, 1.807) is 82.0 Å². The van der Waals surface area contributed by atoms with Crippen LogP contribution in [0.5, 0.6) is 0 Å². The molecule has 2 aliphatic heterocycles. The number of carbonyl (C=O) groups is 2. The molecular weight excluding hydrogens is 1340 g/mol. The molecule has 0 unspecified atom stereocenters. The van der Waals surface area contributed by atoms with E-state index in [9.17, 15) is 27.2 Å². The quantitative estimate of drug-likeness (QED) is 0.0474. The molecule has 22 heteroatoms. The average Bonchev–Trinajstić information content (AvgIpc) is 2.24. The number of rotatable bonds is 18. The maximum Gasteiger partial charge on any atom is 0.332 e. The maximum absolute atomic E-state index is 15.4. The van der Waals surface area contributed by atoms with Crippen LogP contribution in [0, 0.1) is 17.5 Å². The van der Waals surface area contributed by atoms with Gasteiger partial charge in [0, 0.05) is 123 Å². The standard InChI is InChI=1S/C28H32F2N4O3.C24H24F2N4O3.C12H10FN.I2/c1-27(2,3)37-26(35)19-36-20-28(30)13-15-33(16-14-28)24-17-31-18-25(32-24)34(22-7-5-4-6-8-22)23-11-9-21(29)10-12-23;25-18-6-8-20(9-7-18)30(19-4-2-1-3-5-19)22-15-27-14-21(28-22)29-12-10-24(26,11-13-29)17-33-16-23(31)32;13-10-6-8-12(9-7-10)14-11-4-2-1-3-5-11;1-2/h4-12,17-18H,13-16,19-20H2,1-3H3;1-9,14-15H,10-13,16-17H2,(H,31,32);1-9,14H;. The molecule has 0 saturated carbocycles. The van der Waals surface area contributed by atoms with Crippen molar-refractivity contribution >= 4 is 107 Å². The predicted octanol–water partition coefficient (Wildman–Crippen LogP) is 15.6. The monoisotopic (exact) mass is 1410 g/mol. The zero-order valence-electron chi connectivity index (χ0n) is 47.6. The van der Waals surface area contributed by atoms with Crippen LogP contribution in [0.4, 0.5) is 79.3 Å². The van der Waals surface area contributed by atoms with Gasteiger partial charge in [-0.15, -0.1) is 0 Å². The molecule has 0 atom stereocenters. The van der Waals surface area contributed by atoms with Crippen LogP contribution in [-0.2, 0) is 23.8 Å². The van der Waals surface area contributed by atoms with Crippen LogP contribution >= 0.6 is 37.2 Å². The molecule has 15 nitrogen and oxygen atoms in total. The molecule has 10 rings (SSSR count). The number of piperidine rings is 2. The number of carboxylic acid groups (broad SMARTS) is 1. The number of benzene rings is 6. The van der Waals surface area contributed by atoms with Gasteiger partial charge in [-0.3, -0.25) is 19.8 Å². The fraction of sp³-hybridized carbons (Fsp3) is 0.281. The van der Waals surface area contributed by atoms with Crippen molar-refractivity contribution in [3.8, 4) is 0 Å². The summed E-state index contributed by atoms with van der Waals surface area (Å²) in [5.74, 6) is -0.168. The molecule has 2 fully saturated rings. The summed E-state index contributed by atoms with van der Waals surface area (Å²) < 4.78 is 85.6. The Labute approximate surface area is 520 Å². The number of halogens is 7. The zero-order valence-corrected chi connectivity index (χ0v) is 51.9. The van der Waals surface area contributed by atoms with Gasteiger partial charge in [0.1, 0.15) is 59.2 Å². The Balaban J connectivity index is 0.000000197. The number of ether oxygens (including phenoxy) is 3. The molecule has 2 aliphatic rings. The largest absolute Gasteiger partial charge is 0.480 e. The molecule has 2 saturated heterocycles. The lowest BCUT2D eigenvalue weighted by molar-refractivity contribution is -0.161. The van der Waals surface area contributed by atoms with Crippen molar-refractivity contribution in [1.82, 2.24) is 19.9 Å². The van der Waals surface area contributed by atoms with Crippen LogP contribution in [0.15, 0.2) is 189 Å². The number of hydrogen-bond donors (Lipinski definition) is 2. The van der Waals surface area contributed by atoms with Crippen molar-refractivity contribution < 1.29 is 50.9 Å². The van der Waals surface area contributed by atoms with E-state index in [0.29, 0.717) is 49.5 Å². The van der Waals surface area contributed by atoms with Crippen molar-refractivity contribution in [3.05, 3.63) is 206 Å². The van der Waals surface area contributed by atoms with Crippen LogP contribution in [0.25, 0.3) is 0 Å². The first-order chi connectivity index (χ1) is 41.4. The Hall–Kier alpha value is -7.55. The van der Waals surface area contributed by atoms with Crippen LogP contribution in [-0.4, -0.2) is 107 Å². The normalized spacial score (nSPS) is 14.1. The van der Waals surface area contributed by atoms with Gasteiger partial charge in [-0.25, -0.2) is 41.5 Å². The number of carbonyl (C=O) groups excluding carboxylic acids is 1. The molecule has 86 heavy (non-hydrogen) atoms. The van der Waals surface area contributed by atoms with Crippen molar-refractivity contribution in [2.24, 2.45) is 0 Å². The Morgan fingerprint density at radius 1 is 0.535 bits per heavy atom. The molecule has 0 amide bonds. The highest BCUT2D eigenvalue weighted by Gasteiger charge is 2.37. The first-order valence-electron chi connectivity index (χ1n) is 27.4. The van der Waals surface area contributed by atoms with E-state index in [1.807, 2.05) is 111 Å². The first kappa shape index (κ1) is 66.0. The highest BCUT2D eigenvalue weighted by atomic mass is 128. The predicted molar refractivity (Wildman–Crippen MR) is 343 cm³/mol. The summed E-state index contributed by atoms with van der Waals surface area (Å²) in [5, 5.41) is 11.8. The molecule has 0 bridgehead atoms. The minimum absolute atomic E-state index is 0.168. The molecule has 6 aromatic carbocycles. The number of para-hydroxylation sites is 3. The minimum atomic E-state index is -1.57. The molecule has 0 radical (unpaired) electrons. The van der Waals surface area contributed by atoms with Crippen molar-refractivity contribution in [1.29, 1.82) is 0 Å². The van der Waals surface area contributed by atoms with Gasteiger partial charge in [0.05, 0.1) is 38.0 Å². The molecule has 8 aromatic rings. The second kappa shape index (κ2) is 32.3. The number of aromatic nitrogens is 4. The number of nitrogens with one attached hydrogen (secondary N) is 1. The Morgan fingerprint density at radius 2 is 0.884 bits per heavy atom. The zero-order chi connectivity index (χ0) is 61.5. The number of carboxylic acids is 1. The lowest BCUT2D eigenvalue weighted by Crippen LogP contribution is -2.45. The van der Waals surface area contributed by atoms with E-state index in [4.69, 9.17) is 29.3 Å². The smallest absolute Gasteiger partial charge is 0.332 e. The van der Waals surface area contributed by atoms with Gasteiger partial charge in [0.25, 0.3) is 0 Å². The lowest BCUT2D eigenvalue weighted by atomic mass is 9.94. The molecular formula is C64H66F5I2N9O6. The number of alkyl halides is 2. The summed E-state index contributed by atoms with van der Waals surface area (Å²) >= 11 is 4.24. The molecule has 2 aromatic heterocycles. The van der Waals surface area contributed by atoms with Gasteiger partial charge < -0.3 is 34.4 Å². The third kappa shape index (κ3) is 20.6. The fourth-order valence-electron chi connectivity index (χ4n) is 9.17. The molecule has 452 valence electrons. The summed E-state index contributed by atoms with van der Waals surface area (Å²) in [4.78, 5) is 48.5. The van der Waals surface area contributed by atoms with Crippen molar-refractivity contribution in [2.75, 3.05) is 77.5 Å². The van der Waals surface area contributed by atoms with E-state index in [0.717, 1.165) is 34.1 Å². The van der Waals surface area contributed by atoms with Gasteiger partial charge in [-0.1, -0.05) is 54.6 Å². The fourth-order valence-corrected chi connectivity index (χ4v) is 9.17. The summed E-state index contributed by atoms with van der Waals surface area (Å²) in [6.45, 7) is 5.75. The van der Waals surface area contributed by atoms with Crippen LogP contribution in [0.1, 0.15) is 46.5 Å². The summed E-state index contributed by atoms with van der Waals surface area (Å²) in [5.41, 5.74) is 1.33. The molecule has 0 aliphatic carbocycles. The second-order valence-electron chi connectivity index (χ2n) is 21.0. The van der Waals surface area contributed by atoms with E-state index >= 15 is 4.39 Å². The van der Waals surface area contributed by atoms with Gasteiger partial charge in [-0.2, -0.15) is 0 Å². The number of aliphatic carboxylic acids is 1. The topological polar surface area (TPSA) is 159 Å². The highest BCUT2D eigenvalue weighted by Crippen LogP contribution is 2.37. The minimum Gasteiger partial charge on any atom is -0.480 e. The summed E-state index contributed by atoms with van der Waals surface area (Å²) in [7, 11) is 0. The summed E-state index contributed by atoms with van der Waals surface area (Å²) in [6, 6.07) is 47.6. The van der Waals surface area contributed by atoms with E-state index < -0.39 is 35.5 Å². The first-order valence-corrected chi connectivity index (χ1v) is 33.7.